The third kappa shape index (κ3) is 10.8. The van der Waals surface area contributed by atoms with Crippen LogP contribution in [0.15, 0.2) is 35.3 Å². The fourth-order valence-corrected chi connectivity index (χ4v) is 3.12. The largest absolute Gasteiger partial charge is 0.492 e. The van der Waals surface area contributed by atoms with Crippen LogP contribution in [0.3, 0.4) is 0 Å². The summed E-state index contributed by atoms with van der Waals surface area (Å²) >= 11 is 0. The van der Waals surface area contributed by atoms with Crippen molar-refractivity contribution in [3.05, 3.63) is 30.3 Å². The molecule has 7 nitrogen and oxygen atoms in total. The average Bonchev–Trinajstić information content (AvgIpc) is 2.58. The summed E-state index contributed by atoms with van der Waals surface area (Å²) in [7, 11) is -3.13. The molecule has 0 unspecified atom stereocenters. The predicted molar refractivity (Wildman–Crippen MR) is 118 cm³/mol. The second-order valence-electron chi connectivity index (χ2n) is 5.46. The van der Waals surface area contributed by atoms with Gasteiger partial charge in [-0.1, -0.05) is 25.1 Å². The van der Waals surface area contributed by atoms with Gasteiger partial charge in [0, 0.05) is 26.2 Å². The number of nitrogens with one attached hydrogen (secondary N) is 2. The molecular formula is C17H31IN4O3S. The van der Waals surface area contributed by atoms with Gasteiger partial charge in [-0.25, -0.2) is 12.7 Å². The lowest BCUT2D eigenvalue weighted by molar-refractivity contribution is 0.322. The van der Waals surface area contributed by atoms with Gasteiger partial charge in [-0.05, 0) is 25.5 Å². The maximum atomic E-state index is 11.5. The van der Waals surface area contributed by atoms with E-state index in [-0.39, 0.29) is 24.0 Å². The van der Waals surface area contributed by atoms with E-state index in [2.05, 4.69) is 15.6 Å². The molecule has 0 atom stereocenters. The molecule has 0 saturated carbocycles. The van der Waals surface area contributed by atoms with E-state index < -0.39 is 10.0 Å². The van der Waals surface area contributed by atoms with Crippen molar-refractivity contribution in [3.63, 3.8) is 0 Å². The van der Waals surface area contributed by atoms with Gasteiger partial charge < -0.3 is 15.4 Å². The number of hydrogen-bond donors (Lipinski definition) is 2. The summed E-state index contributed by atoms with van der Waals surface area (Å²) in [5.41, 5.74) is 0. The Kier molecular flexibility index (Phi) is 13.5. The Morgan fingerprint density at radius 2 is 1.88 bits per heavy atom. The van der Waals surface area contributed by atoms with Gasteiger partial charge in [0.25, 0.3) is 0 Å². The Bertz CT molecular complexity index is 612. The molecule has 0 aliphatic rings. The van der Waals surface area contributed by atoms with Gasteiger partial charge >= 0.3 is 0 Å². The summed E-state index contributed by atoms with van der Waals surface area (Å²) in [5, 5.41) is 6.37. The number of aliphatic imine (C=N–C) groups is 1. The molecular weight excluding hydrogens is 467 g/mol. The zero-order valence-electron chi connectivity index (χ0n) is 15.8. The van der Waals surface area contributed by atoms with Crippen molar-refractivity contribution in [2.75, 3.05) is 45.6 Å². The molecule has 1 rings (SSSR count). The molecule has 26 heavy (non-hydrogen) atoms. The molecule has 0 bridgehead atoms. The van der Waals surface area contributed by atoms with Crippen LogP contribution >= 0.6 is 24.0 Å². The lowest BCUT2D eigenvalue weighted by Crippen LogP contribution is -2.39. The number of halogens is 1. The van der Waals surface area contributed by atoms with Crippen LogP contribution in [0.25, 0.3) is 0 Å². The van der Waals surface area contributed by atoms with E-state index >= 15 is 0 Å². The minimum absolute atomic E-state index is 0. The molecule has 9 heteroatoms. The van der Waals surface area contributed by atoms with Crippen molar-refractivity contribution in [3.8, 4) is 5.75 Å². The molecule has 0 aliphatic carbocycles. The Balaban J connectivity index is 0.00000625. The van der Waals surface area contributed by atoms with E-state index in [9.17, 15) is 8.42 Å². The first-order valence-corrected chi connectivity index (χ1v) is 10.5. The van der Waals surface area contributed by atoms with Crippen molar-refractivity contribution in [2.24, 2.45) is 4.99 Å². The highest BCUT2D eigenvalue weighted by molar-refractivity contribution is 14.0. The van der Waals surface area contributed by atoms with Crippen LogP contribution in [-0.4, -0.2) is 64.3 Å². The first kappa shape index (κ1) is 24.9. The average molecular weight is 498 g/mol. The summed E-state index contributed by atoms with van der Waals surface area (Å²) in [6, 6.07) is 9.65. The van der Waals surface area contributed by atoms with E-state index in [0.717, 1.165) is 12.3 Å². The van der Waals surface area contributed by atoms with E-state index in [0.29, 0.717) is 45.2 Å². The van der Waals surface area contributed by atoms with E-state index in [1.807, 2.05) is 44.2 Å². The second kappa shape index (κ2) is 14.0. The van der Waals surface area contributed by atoms with Gasteiger partial charge in [0.15, 0.2) is 5.96 Å². The number of ether oxygens (including phenoxy) is 1. The van der Waals surface area contributed by atoms with Gasteiger partial charge in [0.1, 0.15) is 12.4 Å². The maximum Gasteiger partial charge on any atom is 0.211 e. The highest BCUT2D eigenvalue weighted by Gasteiger charge is 2.12. The lowest BCUT2D eigenvalue weighted by Gasteiger charge is -2.17. The number of guanidine groups is 1. The van der Waals surface area contributed by atoms with Crippen LogP contribution < -0.4 is 15.4 Å². The van der Waals surface area contributed by atoms with Crippen LogP contribution in [0, 0.1) is 0 Å². The minimum atomic E-state index is -3.13. The molecule has 0 radical (unpaired) electrons. The van der Waals surface area contributed by atoms with E-state index in [1.54, 1.807) is 0 Å². The Morgan fingerprint density at radius 3 is 2.46 bits per heavy atom. The highest BCUT2D eigenvalue weighted by Crippen LogP contribution is 2.07. The number of sulfonamides is 1. The number of nitrogens with zero attached hydrogens (tertiary/aromatic N) is 2. The molecule has 2 N–H and O–H groups in total. The van der Waals surface area contributed by atoms with Gasteiger partial charge in [0.05, 0.1) is 12.8 Å². The van der Waals surface area contributed by atoms with Crippen LogP contribution in [0.5, 0.6) is 5.75 Å². The van der Waals surface area contributed by atoms with E-state index in [1.165, 1.54) is 10.6 Å². The predicted octanol–water partition coefficient (Wildman–Crippen LogP) is 1.91. The zero-order valence-corrected chi connectivity index (χ0v) is 18.9. The smallest absolute Gasteiger partial charge is 0.211 e. The molecule has 0 aromatic heterocycles. The standard InChI is InChI=1S/C17H30N4O3S.HI/c1-4-18-17(19-12-9-14-21(5-2)25(3,22)23)20-13-15-24-16-10-7-6-8-11-16;/h6-8,10-11H,4-5,9,12-15H2,1-3H3,(H2,18,19,20);1H. The number of para-hydroxylation sites is 1. The topological polar surface area (TPSA) is 83.0 Å². The maximum absolute atomic E-state index is 11.5. The van der Waals surface area contributed by atoms with Gasteiger partial charge in [-0.3, -0.25) is 4.99 Å². The first-order chi connectivity index (χ1) is 12.0. The molecule has 0 spiro atoms. The minimum Gasteiger partial charge on any atom is -0.492 e. The Morgan fingerprint density at radius 1 is 1.19 bits per heavy atom. The fourth-order valence-electron chi connectivity index (χ4n) is 2.19. The van der Waals surface area contributed by atoms with Crippen LogP contribution in [-0.2, 0) is 10.0 Å². The fraction of sp³-hybridized carbons (Fsp3) is 0.588. The van der Waals surface area contributed by atoms with Crippen LogP contribution in [0.2, 0.25) is 0 Å². The molecule has 0 saturated heterocycles. The second-order valence-corrected chi connectivity index (χ2v) is 7.44. The normalized spacial score (nSPS) is 11.8. The monoisotopic (exact) mass is 498 g/mol. The number of benzene rings is 1. The molecule has 0 aliphatic heterocycles. The van der Waals surface area contributed by atoms with Gasteiger partial charge in [-0.15, -0.1) is 24.0 Å². The van der Waals surface area contributed by atoms with Crippen molar-refractivity contribution in [1.82, 2.24) is 14.9 Å². The van der Waals surface area contributed by atoms with E-state index in [4.69, 9.17) is 4.74 Å². The third-order valence-electron chi connectivity index (χ3n) is 3.41. The molecule has 1 aromatic rings. The first-order valence-electron chi connectivity index (χ1n) is 8.62. The number of hydrogen-bond acceptors (Lipinski definition) is 4. The lowest BCUT2D eigenvalue weighted by atomic mass is 10.3. The quantitative estimate of drug-likeness (QED) is 0.211. The third-order valence-corrected chi connectivity index (χ3v) is 4.79. The number of rotatable bonds is 11. The summed E-state index contributed by atoms with van der Waals surface area (Å²) in [6.45, 7) is 7.28. The Hall–Kier alpha value is -1.07. The van der Waals surface area contributed by atoms with Crippen molar-refractivity contribution < 1.29 is 13.2 Å². The molecule has 1 aromatic carbocycles. The SMILES string of the molecule is CCNC(=NCCCN(CC)S(C)(=O)=O)NCCOc1ccccc1.I. The van der Waals surface area contributed by atoms with Crippen LogP contribution in [0.4, 0.5) is 0 Å². The Labute approximate surface area is 174 Å². The van der Waals surface area contributed by atoms with Crippen LogP contribution in [0.1, 0.15) is 20.3 Å². The van der Waals surface area contributed by atoms with Gasteiger partial charge in [0.2, 0.25) is 10.0 Å². The van der Waals surface area contributed by atoms with Crippen molar-refractivity contribution in [1.29, 1.82) is 0 Å². The molecule has 0 heterocycles. The molecule has 0 fully saturated rings. The van der Waals surface area contributed by atoms with Gasteiger partial charge in [-0.2, -0.15) is 0 Å². The summed E-state index contributed by atoms with van der Waals surface area (Å²) < 4.78 is 30.2. The zero-order chi connectivity index (χ0) is 18.5. The van der Waals surface area contributed by atoms with Crippen molar-refractivity contribution >= 4 is 40.0 Å². The van der Waals surface area contributed by atoms with Crippen molar-refractivity contribution in [2.45, 2.75) is 20.3 Å². The highest BCUT2D eigenvalue weighted by atomic mass is 127. The molecule has 150 valence electrons. The summed E-state index contributed by atoms with van der Waals surface area (Å²) in [5.74, 6) is 1.55. The summed E-state index contributed by atoms with van der Waals surface area (Å²) in [6.07, 6.45) is 1.91. The summed E-state index contributed by atoms with van der Waals surface area (Å²) in [4.78, 5) is 4.46. The molecule has 0 amide bonds.